The lowest BCUT2D eigenvalue weighted by molar-refractivity contribution is -0.112. The number of hydrogen-bond acceptors (Lipinski definition) is 4. The van der Waals surface area contributed by atoms with Crippen molar-refractivity contribution in [2.45, 2.75) is 20.8 Å². The number of nitrogens with one attached hydrogen (secondary N) is 1. The molecule has 0 atom stereocenters. The fourth-order valence-electron chi connectivity index (χ4n) is 3.15. The first-order chi connectivity index (χ1) is 14.0. The second kappa shape index (κ2) is 8.89. The largest absolute Gasteiger partial charge is 0.494 e. The number of benzene rings is 1. The van der Waals surface area contributed by atoms with E-state index in [9.17, 15) is 10.1 Å². The number of ether oxygens (including phenoxy) is 1. The maximum atomic E-state index is 12.6. The van der Waals surface area contributed by atoms with E-state index in [4.69, 9.17) is 4.74 Å². The van der Waals surface area contributed by atoms with Crippen LogP contribution in [0.1, 0.15) is 23.9 Å². The summed E-state index contributed by atoms with van der Waals surface area (Å²) in [6, 6.07) is 14.9. The number of anilines is 1. The zero-order valence-electron chi connectivity index (χ0n) is 16.6. The molecule has 0 spiro atoms. The molecule has 0 aliphatic heterocycles. The van der Waals surface area contributed by atoms with Gasteiger partial charge in [0, 0.05) is 29.3 Å². The Kier molecular flexibility index (Phi) is 6.10. The van der Waals surface area contributed by atoms with Crippen LogP contribution in [0.15, 0.2) is 60.4 Å². The molecule has 0 radical (unpaired) electrons. The van der Waals surface area contributed by atoms with Crippen molar-refractivity contribution < 1.29 is 9.53 Å². The fraction of sp³-hybridized carbons (Fsp3) is 0.174. The van der Waals surface area contributed by atoms with Gasteiger partial charge in [0.2, 0.25) is 0 Å². The lowest BCUT2D eigenvalue weighted by Gasteiger charge is -2.09. The summed E-state index contributed by atoms with van der Waals surface area (Å²) >= 11 is 0. The molecule has 0 bridgehead atoms. The van der Waals surface area contributed by atoms with Gasteiger partial charge < -0.3 is 14.6 Å². The van der Waals surface area contributed by atoms with Crippen LogP contribution >= 0.6 is 0 Å². The average Bonchev–Trinajstić information content (AvgIpc) is 3.00. The van der Waals surface area contributed by atoms with Gasteiger partial charge in [0.05, 0.1) is 18.5 Å². The van der Waals surface area contributed by atoms with Crippen LogP contribution in [-0.2, 0) is 4.79 Å². The number of rotatable bonds is 6. The third-order valence-electron chi connectivity index (χ3n) is 4.44. The molecule has 1 amide bonds. The number of nitriles is 1. The first-order valence-corrected chi connectivity index (χ1v) is 9.28. The Labute approximate surface area is 170 Å². The van der Waals surface area contributed by atoms with E-state index in [1.807, 2.05) is 55.7 Å². The van der Waals surface area contributed by atoms with Gasteiger partial charge in [-0.3, -0.25) is 9.78 Å². The molecule has 0 aliphatic rings. The van der Waals surface area contributed by atoms with Gasteiger partial charge in [0.15, 0.2) is 0 Å². The Morgan fingerprint density at radius 2 is 2.10 bits per heavy atom. The Bertz CT molecular complexity index is 1090. The van der Waals surface area contributed by atoms with Gasteiger partial charge in [-0.05, 0) is 62.7 Å². The summed E-state index contributed by atoms with van der Waals surface area (Å²) in [5.74, 6) is 0.195. The number of carbonyl (C=O) groups is 1. The molecule has 0 saturated heterocycles. The highest BCUT2D eigenvalue weighted by Crippen LogP contribution is 2.23. The minimum atomic E-state index is -0.465. The Morgan fingerprint density at radius 3 is 2.79 bits per heavy atom. The molecule has 6 heteroatoms. The number of carbonyl (C=O) groups excluding carboxylic acids is 1. The lowest BCUT2D eigenvalue weighted by Crippen LogP contribution is -2.13. The zero-order chi connectivity index (χ0) is 20.8. The predicted molar refractivity (Wildman–Crippen MR) is 113 cm³/mol. The van der Waals surface area contributed by atoms with Gasteiger partial charge in [-0.15, -0.1) is 0 Å². The van der Waals surface area contributed by atoms with Crippen molar-refractivity contribution in [3.05, 3.63) is 77.4 Å². The Morgan fingerprint density at radius 1 is 1.28 bits per heavy atom. The van der Waals surface area contributed by atoms with Crippen LogP contribution in [0, 0.1) is 25.2 Å². The van der Waals surface area contributed by atoms with Gasteiger partial charge in [0.25, 0.3) is 5.91 Å². The van der Waals surface area contributed by atoms with Gasteiger partial charge >= 0.3 is 0 Å². The molecule has 0 fully saturated rings. The molecule has 0 saturated carbocycles. The summed E-state index contributed by atoms with van der Waals surface area (Å²) in [6.07, 6.45) is 5.10. The molecule has 0 unspecified atom stereocenters. The fourth-order valence-corrected chi connectivity index (χ4v) is 3.15. The summed E-state index contributed by atoms with van der Waals surface area (Å²) in [6.45, 7) is 6.35. The minimum absolute atomic E-state index is 0.0262. The van der Waals surface area contributed by atoms with Crippen molar-refractivity contribution in [2.75, 3.05) is 11.9 Å². The van der Waals surface area contributed by atoms with Gasteiger partial charge in [0.1, 0.15) is 17.4 Å². The average molecular weight is 386 g/mol. The topological polar surface area (TPSA) is 79.9 Å². The molecule has 2 heterocycles. The van der Waals surface area contributed by atoms with Crippen molar-refractivity contribution in [2.24, 2.45) is 0 Å². The molecule has 3 aromatic rings. The summed E-state index contributed by atoms with van der Waals surface area (Å²) in [5.41, 5.74) is 4.25. The number of aromatic nitrogens is 2. The van der Waals surface area contributed by atoms with E-state index in [1.54, 1.807) is 36.7 Å². The second-order valence-corrected chi connectivity index (χ2v) is 6.46. The molecule has 2 aromatic heterocycles. The van der Waals surface area contributed by atoms with Crippen molar-refractivity contribution in [1.82, 2.24) is 9.55 Å². The third-order valence-corrected chi connectivity index (χ3v) is 4.44. The predicted octanol–water partition coefficient (Wildman–Crippen LogP) is 4.43. The molecule has 6 nitrogen and oxygen atoms in total. The van der Waals surface area contributed by atoms with Crippen LogP contribution < -0.4 is 10.1 Å². The summed E-state index contributed by atoms with van der Waals surface area (Å²) in [4.78, 5) is 16.8. The molecule has 1 N–H and O–H groups in total. The highest BCUT2D eigenvalue weighted by molar-refractivity contribution is 6.09. The van der Waals surface area contributed by atoms with Crippen LogP contribution in [0.4, 0.5) is 5.69 Å². The number of pyridine rings is 1. The smallest absolute Gasteiger partial charge is 0.266 e. The Balaban J connectivity index is 1.88. The summed E-state index contributed by atoms with van der Waals surface area (Å²) in [5, 5.41) is 12.3. The van der Waals surface area contributed by atoms with Gasteiger partial charge in [-0.2, -0.15) is 5.26 Å². The minimum Gasteiger partial charge on any atom is -0.494 e. The van der Waals surface area contributed by atoms with Gasteiger partial charge in [-0.1, -0.05) is 6.07 Å². The van der Waals surface area contributed by atoms with E-state index in [1.165, 1.54) is 0 Å². The first kappa shape index (κ1) is 19.9. The standard InChI is InChI=1S/C23H22N4O2/c1-4-29-22-9-5-7-20(13-22)26-23(28)19(14-24)12-18-11-16(2)27(17(18)3)21-8-6-10-25-15-21/h5-13,15H,4H2,1-3H3,(H,26,28)/b19-12-. The second-order valence-electron chi connectivity index (χ2n) is 6.46. The monoisotopic (exact) mass is 386 g/mol. The van der Waals surface area contributed by atoms with E-state index >= 15 is 0 Å². The van der Waals surface area contributed by atoms with Crippen LogP contribution in [0.2, 0.25) is 0 Å². The molecule has 0 aliphatic carbocycles. The normalized spacial score (nSPS) is 11.0. The van der Waals surface area contributed by atoms with Gasteiger partial charge in [-0.25, -0.2) is 0 Å². The van der Waals surface area contributed by atoms with E-state index in [2.05, 4.69) is 10.3 Å². The summed E-state index contributed by atoms with van der Waals surface area (Å²) in [7, 11) is 0. The van der Waals surface area contributed by atoms with Crippen LogP contribution in [0.5, 0.6) is 5.75 Å². The zero-order valence-corrected chi connectivity index (χ0v) is 16.6. The van der Waals surface area contributed by atoms with Crippen molar-refractivity contribution in [3.8, 4) is 17.5 Å². The van der Waals surface area contributed by atoms with E-state index in [-0.39, 0.29) is 5.57 Å². The highest BCUT2D eigenvalue weighted by Gasteiger charge is 2.14. The number of hydrogen-bond donors (Lipinski definition) is 1. The highest BCUT2D eigenvalue weighted by atomic mass is 16.5. The number of nitrogens with zero attached hydrogens (tertiary/aromatic N) is 3. The first-order valence-electron chi connectivity index (χ1n) is 9.28. The molecular weight excluding hydrogens is 364 g/mol. The van der Waals surface area contributed by atoms with Crippen LogP contribution in [-0.4, -0.2) is 22.1 Å². The molecule has 29 heavy (non-hydrogen) atoms. The van der Waals surface area contributed by atoms with Crippen LogP contribution in [0.3, 0.4) is 0 Å². The Hall–Kier alpha value is -3.85. The van der Waals surface area contributed by atoms with Crippen molar-refractivity contribution in [3.63, 3.8) is 0 Å². The third kappa shape index (κ3) is 4.53. The van der Waals surface area contributed by atoms with Crippen molar-refractivity contribution in [1.29, 1.82) is 5.26 Å². The SMILES string of the molecule is CCOc1cccc(NC(=O)/C(C#N)=C\c2cc(C)n(-c3cccnc3)c2C)c1. The number of aryl methyl sites for hydroxylation is 1. The van der Waals surface area contributed by atoms with Crippen LogP contribution in [0.25, 0.3) is 11.8 Å². The molecule has 146 valence electrons. The summed E-state index contributed by atoms with van der Waals surface area (Å²) < 4.78 is 7.48. The van der Waals surface area contributed by atoms with E-state index in [0.717, 1.165) is 22.6 Å². The maximum Gasteiger partial charge on any atom is 0.266 e. The maximum absolute atomic E-state index is 12.6. The molecular formula is C23H22N4O2. The van der Waals surface area contributed by atoms with E-state index < -0.39 is 5.91 Å². The van der Waals surface area contributed by atoms with E-state index in [0.29, 0.717) is 18.0 Å². The number of amides is 1. The quantitative estimate of drug-likeness (QED) is 0.502. The molecule has 1 aromatic carbocycles. The van der Waals surface area contributed by atoms with Crippen molar-refractivity contribution >= 4 is 17.7 Å². The molecule has 3 rings (SSSR count). The lowest BCUT2D eigenvalue weighted by atomic mass is 10.1.